The third-order valence-electron chi connectivity index (χ3n) is 3.99. The van der Waals surface area contributed by atoms with Gasteiger partial charge in [-0.25, -0.2) is 4.79 Å². The molecule has 0 aliphatic heterocycles. The zero-order valence-electron chi connectivity index (χ0n) is 16.4. The fraction of sp³-hybridized carbons (Fsp3) is 0.143. The van der Waals surface area contributed by atoms with Crippen LogP contribution in [0.3, 0.4) is 0 Å². The molecule has 3 rings (SSSR count). The molecule has 0 atom stereocenters. The summed E-state index contributed by atoms with van der Waals surface area (Å²) >= 11 is 1.18. The largest absolute Gasteiger partial charge is 0.496 e. The summed E-state index contributed by atoms with van der Waals surface area (Å²) in [7, 11) is 1.59. The van der Waals surface area contributed by atoms with Gasteiger partial charge in [0.05, 0.1) is 18.4 Å². The number of imide groups is 1. The Hall–Kier alpha value is -3.59. The molecule has 0 radical (unpaired) electrons. The summed E-state index contributed by atoms with van der Waals surface area (Å²) in [6, 6.07) is 15.8. The van der Waals surface area contributed by atoms with Gasteiger partial charge in [0.1, 0.15) is 5.75 Å². The molecule has 0 saturated carbocycles. The first-order valence-electron chi connectivity index (χ1n) is 9.08. The van der Waals surface area contributed by atoms with E-state index in [0.29, 0.717) is 29.0 Å². The smallest absolute Gasteiger partial charge is 0.325 e. The van der Waals surface area contributed by atoms with E-state index < -0.39 is 11.9 Å². The fourth-order valence-corrected chi connectivity index (χ4v) is 3.44. The number of allylic oxidation sites excluding steroid dienone is 1. The predicted octanol–water partition coefficient (Wildman–Crippen LogP) is 3.58. The van der Waals surface area contributed by atoms with Crippen LogP contribution in [0.15, 0.2) is 72.4 Å². The van der Waals surface area contributed by atoms with Gasteiger partial charge in [-0.15, -0.1) is 16.8 Å². The minimum absolute atomic E-state index is 0.00338. The number of aromatic nitrogens is 3. The van der Waals surface area contributed by atoms with E-state index in [9.17, 15) is 9.59 Å². The van der Waals surface area contributed by atoms with Gasteiger partial charge in [-0.1, -0.05) is 48.2 Å². The van der Waals surface area contributed by atoms with Gasteiger partial charge in [0.2, 0.25) is 5.91 Å². The number of methoxy groups -OCH3 is 1. The summed E-state index contributed by atoms with van der Waals surface area (Å²) in [5.74, 6) is 0.836. The van der Waals surface area contributed by atoms with Crippen LogP contribution in [0.5, 0.6) is 5.75 Å². The first kappa shape index (κ1) is 21.1. The van der Waals surface area contributed by atoms with E-state index in [-0.39, 0.29) is 5.75 Å². The normalized spacial score (nSPS) is 10.3. The molecule has 9 heteroatoms. The van der Waals surface area contributed by atoms with Crippen molar-refractivity contribution in [1.29, 1.82) is 0 Å². The van der Waals surface area contributed by atoms with Gasteiger partial charge in [0.15, 0.2) is 11.0 Å². The molecule has 0 saturated heterocycles. The van der Waals surface area contributed by atoms with E-state index in [1.807, 2.05) is 34.9 Å². The zero-order chi connectivity index (χ0) is 21.3. The van der Waals surface area contributed by atoms with Crippen molar-refractivity contribution < 1.29 is 14.3 Å². The van der Waals surface area contributed by atoms with Crippen molar-refractivity contribution in [2.45, 2.75) is 11.7 Å². The summed E-state index contributed by atoms with van der Waals surface area (Å²) in [5.41, 5.74) is 1.38. The maximum absolute atomic E-state index is 12.2. The first-order chi connectivity index (χ1) is 14.6. The quantitative estimate of drug-likeness (QED) is 0.425. The lowest BCUT2D eigenvalue weighted by atomic mass is 10.2. The Morgan fingerprint density at radius 1 is 1.13 bits per heavy atom. The van der Waals surface area contributed by atoms with Gasteiger partial charge < -0.3 is 10.1 Å². The Bertz CT molecular complexity index is 1040. The third kappa shape index (κ3) is 5.26. The number of urea groups is 1. The number of nitrogens with zero attached hydrogens (tertiary/aromatic N) is 3. The van der Waals surface area contributed by atoms with Crippen molar-refractivity contribution >= 4 is 29.4 Å². The van der Waals surface area contributed by atoms with Gasteiger partial charge in [-0.3, -0.25) is 14.7 Å². The van der Waals surface area contributed by atoms with Crippen molar-refractivity contribution in [3.05, 3.63) is 67.3 Å². The maximum Gasteiger partial charge on any atom is 0.325 e. The standard InChI is InChI=1S/C21H21N5O3S/c1-3-13-26-19(16-11-7-8-12-17(16)29-2)24-25-21(26)30-14-18(27)23-20(28)22-15-9-5-4-6-10-15/h3-12H,1,13-14H2,2H3,(H2,22,23,27,28). The molecule has 2 aromatic carbocycles. The summed E-state index contributed by atoms with van der Waals surface area (Å²) in [5, 5.41) is 13.9. The fourth-order valence-electron chi connectivity index (χ4n) is 2.69. The SMILES string of the molecule is C=CCn1c(SCC(=O)NC(=O)Nc2ccccc2)nnc1-c1ccccc1OC. The summed E-state index contributed by atoms with van der Waals surface area (Å²) in [6.45, 7) is 4.24. The molecular weight excluding hydrogens is 402 g/mol. The number of nitrogens with one attached hydrogen (secondary N) is 2. The molecule has 0 unspecified atom stereocenters. The molecule has 0 aliphatic rings. The highest BCUT2D eigenvalue weighted by atomic mass is 32.2. The lowest BCUT2D eigenvalue weighted by Gasteiger charge is -2.10. The molecule has 1 aromatic heterocycles. The van der Waals surface area contributed by atoms with Crippen LogP contribution in [-0.2, 0) is 11.3 Å². The number of hydrogen-bond donors (Lipinski definition) is 2. The Labute approximate surface area is 178 Å². The predicted molar refractivity (Wildman–Crippen MR) is 117 cm³/mol. The van der Waals surface area contributed by atoms with Crippen molar-refractivity contribution in [3.63, 3.8) is 0 Å². The topological polar surface area (TPSA) is 98.1 Å². The molecule has 0 fully saturated rings. The van der Waals surface area contributed by atoms with Crippen LogP contribution in [-0.4, -0.2) is 39.6 Å². The second kappa shape index (κ2) is 10.3. The third-order valence-corrected chi connectivity index (χ3v) is 4.96. The molecule has 1 heterocycles. The number of ether oxygens (including phenoxy) is 1. The average molecular weight is 423 g/mol. The zero-order valence-corrected chi connectivity index (χ0v) is 17.2. The number of thioether (sulfide) groups is 1. The number of carbonyl (C=O) groups is 2. The van der Waals surface area contributed by atoms with Crippen LogP contribution >= 0.6 is 11.8 Å². The van der Waals surface area contributed by atoms with Crippen LogP contribution in [0, 0.1) is 0 Å². The van der Waals surface area contributed by atoms with Crippen LogP contribution in [0.4, 0.5) is 10.5 Å². The Morgan fingerprint density at radius 2 is 1.87 bits per heavy atom. The molecule has 2 N–H and O–H groups in total. The van der Waals surface area contributed by atoms with E-state index in [1.54, 1.807) is 37.5 Å². The van der Waals surface area contributed by atoms with Crippen LogP contribution in [0.2, 0.25) is 0 Å². The van der Waals surface area contributed by atoms with Gasteiger partial charge in [-0.2, -0.15) is 0 Å². The number of benzene rings is 2. The average Bonchev–Trinajstić information content (AvgIpc) is 3.15. The lowest BCUT2D eigenvalue weighted by molar-refractivity contribution is -0.117. The van der Waals surface area contributed by atoms with E-state index in [2.05, 4.69) is 27.4 Å². The van der Waals surface area contributed by atoms with Crippen LogP contribution < -0.4 is 15.4 Å². The molecule has 8 nitrogen and oxygen atoms in total. The molecule has 154 valence electrons. The monoisotopic (exact) mass is 423 g/mol. The Morgan fingerprint density at radius 3 is 2.60 bits per heavy atom. The summed E-state index contributed by atoms with van der Waals surface area (Å²) < 4.78 is 7.25. The number of amides is 3. The highest BCUT2D eigenvalue weighted by Crippen LogP contribution is 2.30. The number of rotatable bonds is 8. The Kier molecular flexibility index (Phi) is 7.23. The minimum Gasteiger partial charge on any atom is -0.496 e. The van der Waals surface area contributed by atoms with Crippen LogP contribution in [0.25, 0.3) is 11.4 Å². The van der Waals surface area contributed by atoms with Gasteiger partial charge >= 0.3 is 6.03 Å². The minimum atomic E-state index is -0.589. The van der Waals surface area contributed by atoms with E-state index in [4.69, 9.17) is 4.74 Å². The number of hydrogen-bond acceptors (Lipinski definition) is 6. The molecule has 0 bridgehead atoms. The van der Waals surface area contributed by atoms with E-state index >= 15 is 0 Å². The van der Waals surface area contributed by atoms with E-state index in [0.717, 1.165) is 5.56 Å². The highest BCUT2D eigenvalue weighted by molar-refractivity contribution is 7.99. The molecular formula is C21H21N5O3S. The van der Waals surface area contributed by atoms with Crippen molar-refractivity contribution in [2.24, 2.45) is 0 Å². The highest BCUT2D eigenvalue weighted by Gasteiger charge is 2.18. The Balaban J connectivity index is 1.66. The van der Waals surface area contributed by atoms with E-state index in [1.165, 1.54) is 11.8 Å². The summed E-state index contributed by atoms with van der Waals surface area (Å²) in [6.07, 6.45) is 1.72. The number of para-hydroxylation sites is 2. The summed E-state index contributed by atoms with van der Waals surface area (Å²) in [4.78, 5) is 24.1. The number of carbonyl (C=O) groups excluding carboxylic acids is 2. The number of anilines is 1. The molecule has 0 spiro atoms. The van der Waals surface area contributed by atoms with Gasteiger partial charge in [-0.05, 0) is 24.3 Å². The van der Waals surface area contributed by atoms with Crippen molar-refractivity contribution in [3.8, 4) is 17.1 Å². The maximum atomic E-state index is 12.2. The first-order valence-corrected chi connectivity index (χ1v) is 10.1. The van der Waals surface area contributed by atoms with Gasteiger partial charge in [0.25, 0.3) is 0 Å². The van der Waals surface area contributed by atoms with Crippen molar-refractivity contribution in [2.75, 3.05) is 18.2 Å². The molecule has 3 amide bonds. The van der Waals surface area contributed by atoms with Crippen molar-refractivity contribution in [1.82, 2.24) is 20.1 Å². The molecule has 3 aromatic rings. The second-order valence-corrected chi connectivity index (χ2v) is 7.01. The van der Waals surface area contributed by atoms with Gasteiger partial charge in [0, 0.05) is 12.2 Å². The molecule has 0 aliphatic carbocycles. The second-order valence-electron chi connectivity index (χ2n) is 6.06. The molecule has 30 heavy (non-hydrogen) atoms. The lowest BCUT2D eigenvalue weighted by Crippen LogP contribution is -2.35. The van der Waals surface area contributed by atoms with Crippen LogP contribution in [0.1, 0.15) is 0 Å².